The van der Waals surface area contributed by atoms with Gasteiger partial charge in [0, 0.05) is 0 Å². The summed E-state index contributed by atoms with van der Waals surface area (Å²) in [6.07, 6.45) is 0. The Labute approximate surface area is 105 Å². The molecule has 2 aromatic rings. The monoisotopic (exact) mass is 245 g/mol. The smallest absolute Gasteiger partial charge is 0.335 e. The summed E-state index contributed by atoms with van der Waals surface area (Å²) < 4.78 is 1.78. The Morgan fingerprint density at radius 2 is 2.17 bits per heavy atom. The zero-order valence-corrected chi connectivity index (χ0v) is 10.3. The molecule has 0 spiro atoms. The van der Waals surface area contributed by atoms with Crippen LogP contribution in [0.15, 0.2) is 24.3 Å². The fraction of sp³-hybridized carbons (Fsp3) is 0.231. The van der Waals surface area contributed by atoms with Crippen molar-refractivity contribution in [1.29, 1.82) is 0 Å². The fourth-order valence-electron chi connectivity index (χ4n) is 1.84. The Bertz CT molecular complexity index is 602. The number of benzene rings is 1. The van der Waals surface area contributed by atoms with Crippen molar-refractivity contribution >= 4 is 11.7 Å². The zero-order chi connectivity index (χ0) is 13.3. The van der Waals surface area contributed by atoms with Gasteiger partial charge in [-0.3, -0.25) is 4.68 Å². The first-order valence-corrected chi connectivity index (χ1v) is 5.60. The highest BCUT2D eigenvalue weighted by atomic mass is 16.4. The lowest BCUT2D eigenvalue weighted by atomic mass is 10.1. The van der Waals surface area contributed by atoms with Crippen LogP contribution in [-0.4, -0.2) is 20.9 Å². The minimum atomic E-state index is -0.926. The van der Waals surface area contributed by atoms with Gasteiger partial charge in [0.15, 0.2) is 0 Å². The molecule has 0 bridgehead atoms. The van der Waals surface area contributed by atoms with E-state index in [-0.39, 0.29) is 5.56 Å². The predicted octanol–water partition coefficient (Wildman–Crippen LogP) is 1.83. The van der Waals surface area contributed by atoms with Gasteiger partial charge < -0.3 is 10.8 Å². The number of carbonyl (C=O) groups is 1. The second kappa shape index (κ2) is 4.52. The number of aromatic carboxylic acids is 1. The molecule has 1 aromatic heterocycles. The van der Waals surface area contributed by atoms with E-state index in [2.05, 4.69) is 5.10 Å². The molecular formula is C13H15N3O2. The SMILES string of the molecule is Cc1nn(Cc2cccc(C(=O)O)c2)c(C)c1N. The van der Waals surface area contributed by atoms with E-state index in [0.29, 0.717) is 12.2 Å². The Morgan fingerprint density at radius 3 is 2.72 bits per heavy atom. The fourth-order valence-corrected chi connectivity index (χ4v) is 1.84. The van der Waals surface area contributed by atoms with Gasteiger partial charge in [-0.2, -0.15) is 5.10 Å². The molecule has 0 aliphatic carbocycles. The number of nitrogens with two attached hydrogens (primary N) is 1. The van der Waals surface area contributed by atoms with Gasteiger partial charge in [-0.25, -0.2) is 4.79 Å². The molecule has 94 valence electrons. The normalized spacial score (nSPS) is 10.6. The molecule has 1 aromatic carbocycles. The summed E-state index contributed by atoms with van der Waals surface area (Å²) in [5.74, 6) is -0.926. The van der Waals surface area contributed by atoms with Crippen molar-refractivity contribution in [3.63, 3.8) is 0 Å². The molecule has 0 saturated carbocycles. The molecule has 5 nitrogen and oxygen atoms in total. The van der Waals surface area contributed by atoms with Crippen molar-refractivity contribution in [2.75, 3.05) is 5.73 Å². The van der Waals surface area contributed by atoms with E-state index in [4.69, 9.17) is 10.8 Å². The van der Waals surface area contributed by atoms with Crippen LogP contribution in [0.25, 0.3) is 0 Å². The minimum Gasteiger partial charge on any atom is -0.478 e. The van der Waals surface area contributed by atoms with E-state index >= 15 is 0 Å². The van der Waals surface area contributed by atoms with Gasteiger partial charge in [0.1, 0.15) is 0 Å². The van der Waals surface area contributed by atoms with Gasteiger partial charge in [-0.1, -0.05) is 12.1 Å². The number of carboxylic acid groups (broad SMARTS) is 1. The third-order valence-corrected chi connectivity index (χ3v) is 2.94. The lowest BCUT2D eigenvalue weighted by Crippen LogP contribution is -2.05. The highest BCUT2D eigenvalue weighted by Gasteiger charge is 2.09. The summed E-state index contributed by atoms with van der Waals surface area (Å²) in [6, 6.07) is 6.82. The van der Waals surface area contributed by atoms with E-state index < -0.39 is 5.97 Å². The van der Waals surface area contributed by atoms with Crippen LogP contribution in [0.4, 0.5) is 5.69 Å². The molecule has 0 fully saturated rings. The molecule has 5 heteroatoms. The molecule has 18 heavy (non-hydrogen) atoms. The van der Waals surface area contributed by atoms with Crippen LogP contribution in [-0.2, 0) is 6.54 Å². The molecular weight excluding hydrogens is 230 g/mol. The quantitative estimate of drug-likeness (QED) is 0.864. The van der Waals surface area contributed by atoms with E-state index in [1.165, 1.54) is 0 Å². The first kappa shape index (κ1) is 12.2. The summed E-state index contributed by atoms with van der Waals surface area (Å²) in [5.41, 5.74) is 9.40. The van der Waals surface area contributed by atoms with Crippen molar-refractivity contribution in [1.82, 2.24) is 9.78 Å². The number of aromatic nitrogens is 2. The van der Waals surface area contributed by atoms with E-state index in [1.54, 1.807) is 22.9 Å². The van der Waals surface area contributed by atoms with Crippen molar-refractivity contribution in [3.8, 4) is 0 Å². The molecule has 1 heterocycles. The van der Waals surface area contributed by atoms with Crippen molar-refractivity contribution in [3.05, 3.63) is 46.8 Å². The average Bonchev–Trinajstić information content (AvgIpc) is 2.57. The molecule has 0 atom stereocenters. The van der Waals surface area contributed by atoms with Crippen molar-refractivity contribution < 1.29 is 9.90 Å². The van der Waals surface area contributed by atoms with E-state index in [9.17, 15) is 4.79 Å². The van der Waals surface area contributed by atoms with Crippen LogP contribution >= 0.6 is 0 Å². The zero-order valence-electron chi connectivity index (χ0n) is 10.3. The topological polar surface area (TPSA) is 81.1 Å². The second-order valence-electron chi connectivity index (χ2n) is 4.25. The predicted molar refractivity (Wildman–Crippen MR) is 68.6 cm³/mol. The van der Waals surface area contributed by atoms with Crippen molar-refractivity contribution in [2.24, 2.45) is 0 Å². The van der Waals surface area contributed by atoms with E-state index in [0.717, 1.165) is 17.0 Å². The van der Waals surface area contributed by atoms with Crippen LogP contribution in [0, 0.1) is 13.8 Å². The maximum absolute atomic E-state index is 10.9. The Morgan fingerprint density at radius 1 is 1.44 bits per heavy atom. The number of nitrogen functional groups attached to an aromatic ring is 1. The number of rotatable bonds is 3. The first-order chi connectivity index (χ1) is 8.49. The maximum Gasteiger partial charge on any atom is 0.335 e. The molecule has 0 saturated heterocycles. The standard InChI is InChI=1S/C13H15N3O2/c1-8-12(14)9(2)16(15-8)7-10-4-3-5-11(6-10)13(17)18/h3-6H,7,14H2,1-2H3,(H,17,18). The number of aryl methyl sites for hydroxylation is 1. The van der Waals surface area contributed by atoms with Gasteiger partial charge in [0.2, 0.25) is 0 Å². The largest absolute Gasteiger partial charge is 0.478 e. The number of nitrogens with zero attached hydrogens (tertiary/aromatic N) is 2. The summed E-state index contributed by atoms with van der Waals surface area (Å²) in [4.78, 5) is 10.9. The summed E-state index contributed by atoms with van der Waals surface area (Å²) in [5, 5.41) is 13.3. The Kier molecular flexibility index (Phi) is 3.06. The summed E-state index contributed by atoms with van der Waals surface area (Å²) >= 11 is 0. The number of hydrogen-bond acceptors (Lipinski definition) is 3. The highest BCUT2D eigenvalue weighted by molar-refractivity contribution is 5.87. The number of anilines is 1. The second-order valence-corrected chi connectivity index (χ2v) is 4.25. The molecule has 0 unspecified atom stereocenters. The Hall–Kier alpha value is -2.30. The molecule has 3 N–H and O–H groups in total. The molecule has 0 aliphatic rings. The lowest BCUT2D eigenvalue weighted by molar-refractivity contribution is 0.0696. The highest BCUT2D eigenvalue weighted by Crippen LogP contribution is 2.16. The third-order valence-electron chi connectivity index (χ3n) is 2.94. The first-order valence-electron chi connectivity index (χ1n) is 5.60. The molecule has 2 rings (SSSR count). The summed E-state index contributed by atoms with van der Waals surface area (Å²) in [6.45, 7) is 4.27. The maximum atomic E-state index is 10.9. The van der Waals surface area contributed by atoms with Gasteiger partial charge in [0.05, 0.1) is 29.2 Å². The van der Waals surface area contributed by atoms with Gasteiger partial charge in [0.25, 0.3) is 0 Å². The van der Waals surface area contributed by atoms with Crippen LogP contribution in [0.5, 0.6) is 0 Å². The summed E-state index contributed by atoms with van der Waals surface area (Å²) in [7, 11) is 0. The van der Waals surface area contributed by atoms with Crippen LogP contribution < -0.4 is 5.73 Å². The van der Waals surface area contributed by atoms with Crippen LogP contribution in [0.3, 0.4) is 0 Å². The molecule has 0 radical (unpaired) electrons. The molecule has 0 amide bonds. The number of carboxylic acids is 1. The third kappa shape index (κ3) is 2.20. The van der Waals surface area contributed by atoms with Gasteiger partial charge >= 0.3 is 5.97 Å². The average molecular weight is 245 g/mol. The molecule has 0 aliphatic heterocycles. The Balaban J connectivity index is 2.31. The van der Waals surface area contributed by atoms with Crippen LogP contribution in [0.2, 0.25) is 0 Å². The van der Waals surface area contributed by atoms with Gasteiger partial charge in [-0.15, -0.1) is 0 Å². The van der Waals surface area contributed by atoms with E-state index in [1.807, 2.05) is 19.9 Å². The number of hydrogen-bond donors (Lipinski definition) is 2. The minimum absolute atomic E-state index is 0.280. The van der Waals surface area contributed by atoms with Gasteiger partial charge in [-0.05, 0) is 31.5 Å². The lowest BCUT2D eigenvalue weighted by Gasteiger charge is -2.05. The van der Waals surface area contributed by atoms with Crippen LogP contribution in [0.1, 0.15) is 27.3 Å². The van der Waals surface area contributed by atoms with Crippen molar-refractivity contribution in [2.45, 2.75) is 20.4 Å².